The Hall–Kier alpha value is -2.40. The Labute approximate surface area is 116 Å². The van der Waals surface area contributed by atoms with Crippen LogP contribution >= 0.6 is 0 Å². The van der Waals surface area contributed by atoms with Gasteiger partial charge in [-0.1, -0.05) is 47.6 Å². The van der Waals surface area contributed by atoms with Crippen LogP contribution in [0, 0.1) is 5.82 Å². The first-order valence-corrected chi connectivity index (χ1v) is 6.09. The first-order valence-electron chi connectivity index (χ1n) is 6.09. The molecule has 2 aromatic carbocycles. The van der Waals surface area contributed by atoms with Crippen molar-refractivity contribution in [3.8, 4) is 0 Å². The number of rotatable bonds is 5. The van der Waals surface area contributed by atoms with Crippen LogP contribution in [-0.4, -0.2) is 11.0 Å². The second-order valence-electron chi connectivity index (χ2n) is 4.24. The van der Waals surface area contributed by atoms with Crippen LogP contribution in [0.2, 0.25) is 0 Å². The standard InChI is InChI=1S/C15H15FN2O2/c16-14-12(7-4-8-13(14)15(17)18-19)10-20-9-11-5-2-1-3-6-11/h1-8,19H,9-10H2,(H2,17,18). The smallest absolute Gasteiger partial charge is 0.173 e. The summed E-state index contributed by atoms with van der Waals surface area (Å²) < 4.78 is 19.6. The highest BCUT2D eigenvalue weighted by Gasteiger charge is 2.11. The van der Waals surface area contributed by atoms with Gasteiger partial charge in [0.15, 0.2) is 5.84 Å². The molecule has 0 aromatic heterocycles. The molecule has 0 aliphatic heterocycles. The van der Waals surface area contributed by atoms with Gasteiger partial charge in [-0.05, 0) is 11.6 Å². The predicted molar refractivity (Wildman–Crippen MR) is 73.8 cm³/mol. The molecule has 20 heavy (non-hydrogen) atoms. The fourth-order valence-electron chi connectivity index (χ4n) is 1.80. The van der Waals surface area contributed by atoms with Crippen LogP contribution < -0.4 is 5.73 Å². The fourth-order valence-corrected chi connectivity index (χ4v) is 1.80. The number of hydrogen-bond acceptors (Lipinski definition) is 3. The zero-order valence-corrected chi connectivity index (χ0v) is 10.8. The minimum Gasteiger partial charge on any atom is -0.409 e. The molecule has 0 heterocycles. The first kappa shape index (κ1) is 14.0. The average molecular weight is 274 g/mol. The van der Waals surface area contributed by atoms with Crippen molar-refractivity contribution in [3.63, 3.8) is 0 Å². The molecule has 0 aliphatic carbocycles. The molecule has 104 valence electrons. The Morgan fingerprint density at radius 2 is 1.85 bits per heavy atom. The van der Waals surface area contributed by atoms with Gasteiger partial charge in [-0.15, -0.1) is 0 Å². The zero-order chi connectivity index (χ0) is 14.4. The lowest BCUT2D eigenvalue weighted by molar-refractivity contribution is 0.105. The summed E-state index contributed by atoms with van der Waals surface area (Å²) in [4.78, 5) is 0. The highest BCUT2D eigenvalue weighted by molar-refractivity contribution is 5.97. The molecule has 4 nitrogen and oxygen atoms in total. The summed E-state index contributed by atoms with van der Waals surface area (Å²) in [7, 11) is 0. The Bertz CT molecular complexity index is 600. The lowest BCUT2D eigenvalue weighted by atomic mass is 10.1. The van der Waals surface area contributed by atoms with Crippen molar-refractivity contribution in [1.82, 2.24) is 0 Å². The topological polar surface area (TPSA) is 67.8 Å². The molecule has 3 N–H and O–H groups in total. The van der Waals surface area contributed by atoms with Crippen molar-refractivity contribution in [2.75, 3.05) is 0 Å². The number of ether oxygens (including phenoxy) is 1. The number of hydrogen-bond donors (Lipinski definition) is 2. The normalized spacial score (nSPS) is 11.6. The zero-order valence-electron chi connectivity index (χ0n) is 10.8. The number of benzene rings is 2. The molecule has 0 spiro atoms. The van der Waals surface area contributed by atoms with E-state index in [9.17, 15) is 4.39 Å². The van der Waals surface area contributed by atoms with E-state index in [-0.39, 0.29) is 18.0 Å². The third kappa shape index (κ3) is 3.33. The third-order valence-corrected chi connectivity index (χ3v) is 2.83. The Morgan fingerprint density at radius 1 is 1.10 bits per heavy atom. The third-order valence-electron chi connectivity index (χ3n) is 2.83. The van der Waals surface area contributed by atoms with Crippen LogP contribution in [-0.2, 0) is 18.0 Å². The minimum absolute atomic E-state index is 0.0633. The van der Waals surface area contributed by atoms with Gasteiger partial charge >= 0.3 is 0 Å². The molecule has 0 saturated carbocycles. The van der Waals surface area contributed by atoms with Gasteiger partial charge in [0, 0.05) is 5.56 Å². The first-order chi connectivity index (χ1) is 9.72. The Morgan fingerprint density at radius 3 is 2.55 bits per heavy atom. The number of halogens is 1. The SMILES string of the molecule is N/C(=N/O)c1cccc(COCc2ccccc2)c1F. The molecule has 0 amide bonds. The molecule has 0 atom stereocenters. The summed E-state index contributed by atoms with van der Waals surface area (Å²) >= 11 is 0. The summed E-state index contributed by atoms with van der Waals surface area (Å²) in [5.74, 6) is -0.789. The molecule has 2 rings (SSSR count). The molecule has 0 radical (unpaired) electrons. The number of amidine groups is 1. The van der Waals surface area contributed by atoms with Gasteiger partial charge in [0.2, 0.25) is 0 Å². The minimum atomic E-state index is -0.532. The number of nitrogens with zero attached hydrogens (tertiary/aromatic N) is 1. The quantitative estimate of drug-likeness (QED) is 0.381. The van der Waals surface area contributed by atoms with Gasteiger partial charge in [0.05, 0.1) is 18.8 Å². The van der Waals surface area contributed by atoms with Crippen LogP contribution in [0.15, 0.2) is 53.7 Å². The largest absolute Gasteiger partial charge is 0.409 e. The van der Waals surface area contributed by atoms with E-state index in [1.54, 1.807) is 12.1 Å². The van der Waals surface area contributed by atoms with Crippen LogP contribution in [0.3, 0.4) is 0 Å². The fraction of sp³-hybridized carbons (Fsp3) is 0.133. The van der Waals surface area contributed by atoms with E-state index in [0.29, 0.717) is 12.2 Å². The molecular formula is C15H15FN2O2. The van der Waals surface area contributed by atoms with Gasteiger partial charge < -0.3 is 15.7 Å². The predicted octanol–water partition coefficient (Wildman–Crippen LogP) is 2.64. The van der Waals surface area contributed by atoms with E-state index < -0.39 is 5.82 Å². The van der Waals surface area contributed by atoms with Crippen LogP contribution in [0.1, 0.15) is 16.7 Å². The molecule has 2 aromatic rings. The molecular weight excluding hydrogens is 259 g/mol. The monoisotopic (exact) mass is 274 g/mol. The summed E-state index contributed by atoms with van der Waals surface area (Å²) in [5, 5.41) is 11.4. The maximum atomic E-state index is 14.1. The van der Waals surface area contributed by atoms with Crippen molar-refractivity contribution in [3.05, 3.63) is 71.0 Å². The Balaban J connectivity index is 2.03. The van der Waals surface area contributed by atoms with E-state index in [0.717, 1.165) is 5.56 Å². The summed E-state index contributed by atoms with van der Waals surface area (Å²) in [5.41, 5.74) is 6.85. The van der Waals surface area contributed by atoms with Gasteiger partial charge in [-0.2, -0.15) is 0 Å². The van der Waals surface area contributed by atoms with Crippen LogP contribution in [0.5, 0.6) is 0 Å². The van der Waals surface area contributed by atoms with Gasteiger partial charge in [-0.25, -0.2) is 4.39 Å². The van der Waals surface area contributed by atoms with Gasteiger partial charge in [0.1, 0.15) is 5.82 Å². The van der Waals surface area contributed by atoms with E-state index in [2.05, 4.69) is 5.16 Å². The van der Waals surface area contributed by atoms with E-state index in [1.165, 1.54) is 6.07 Å². The average Bonchev–Trinajstić information content (AvgIpc) is 2.49. The maximum absolute atomic E-state index is 14.1. The van der Waals surface area contributed by atoms with Crippen molar-refractivity contribution >= 4 is 5.84 Å². The Kier molecular flexibility index (Phi) is 4.68. The van der Waals surface area contributed by atoms with Crippen molar-refractivity contribution < 1.29 is 14.3 Å². The van der Waals surface area contributed by atoms with Crippen molar-refractivity contribution in [2.45, 2.75) is 13.2 Å². The van der Waals surface area contributed by atoms with Crippen molar-refractivity contribution in [2.24, 2.45) is 10.9 Å². The second-order valence-corrected chi connectivity index (χ2v) is 4.24. The van der Waals surface area contributed by atoms with Crippen LogP contribution in [0.4, 0.5) is 4.39 Å². The summed E-state index contributed by atoms with van der Waals surface area (Å²) in [6.45, 7) is 0.515. The van der Waals surface area contributed by atoms with E-state index in [4.69, 9.17) is 15.7 Å². The molecule has 0 bridgehead atoms. The van der Waals surface area contributed by atoms with Crippen LogP contribution in [0.25, 0.3) is 0 Å². The van der Waals surface area contributed by atoms with E-state index in [1.807, 2.05) is 30.3 Å². The number of nitrogens with two attached hydrogens (primary N) is 1. The highest BCUT2D eigenvalue weighted by Crippen LogP contribution is 2.14. The maximum Gasteiger partial charge on any atom is 0.173 e. The van der Waals surface area contributed by atoms with Gasteiger partial charge in [-0.3, -0.25) is 0 Å². The number of oxime groups is 1. The molecule has 0 unspecified atom stereocenters. The highest BCUT2D eigenvalue weighted by atomic mass is 19.1. The lowest BCUT2D eigenvalue weighted by Crippen LogP contribution is -2.16. The molecule has 0 aliphatic rings. The summed E-state index contributed by atoms with van der Waals surface area (Å²) in [6.07, 6.45) is 0. The van der Waals surface area contributed by atoms with E-state index >= 15 is 0 Å². The molecule has 0 saturated heterocycles. The second kappa shape index (κ2) is 6.68. The molecule has 5 heteroatoms. The lowest BCUT2D eigenvalue weighted by Gasteiger charge is -2.08. The molecule has 0 fully saturated rings. The summed E-state index contributed by atoms with van der Waals surface area (Å²) in [6, 6.07) is 14.3. The van der Waals surface area contributed by atoms with Gasteiger partial charge in [0.25, 0.3) is 0 Å². The van der Waals surface area contributed by atoms with Crippen molar-refractivity contribution in [1.29, 1.82) is 0 Å².